The van der Waals surface area contributed by atoms with Crippen LogP contribution in [0.15, 0.2) is 48.7 Å². The predicted octanol–water partition coefficient (Wildman–Crippen LogP) is 4.06. The first-order chi connectivity index (χ1) is 17.9. The molecule has 0 amide bonds. The average Bonchev–Trinajstić information content (AvgIpc) is 2.84. The molecule has 8 nitrogen and oxygen atoms in total. The average molecular weight is 544 g/mol. The number of aromatic nitrogens is 2. The first kappa shape index (κ1) is 27.9. The van der Waals surface area contributed by atoms with Gasteiger partial charge in [-0.05, 0) is 73.2 Å². The Balaban J connectivity index is 1.32. The number of hydrogen-bond donors (Lipinski definition) is 1. The SMILES string of the molecule is Cc1ccc2c(c1)nc(N)c1ncc(CCc3ccc(OCCOCCC(F)(F)P(=O)([O-])[O-])cc3C)cc12. The van der Waals surface area contributed by atoms with Crippen LogP contribution in [0, 0.1) is 13.8 Å². The third kappa shape index (κ3) is 6.45. The molecule has 0 aliphatic heterocycles. The van der Waals surface area contributed by atoms with Crippen molar-refractivity contribution in [1.29, 1.82) is 0 Å². The third-order valence-corrected chi connectivity index (χ3v) is 7.34. The standard InChI is InChI=1S/C27H30F2N3O5P/c1-17-3-8-22-23-15-19(16-31-25(23)26(30)32-24(22)13-17)4-5-20-6-7-21(14-18(20)2)37-12-11-36-10-9-27(28,29)38(33,34)35/h3,6-8,13-16H,4-5,9-12H2,1-2H3,(H2,30,32)(H2,33,34,35)/p-2. The van der Waals surface area contributed by atoms with Gasteiger partial charge >= 0.3 is 0 Å². The fraction of sp³-hybridized carbons (Fsp3) is 0.333. The number of nitrogens with two attached hydrogens (primary N) is 1. The van der Waals surface area contributed by atoms with Crippen molar-refractivity contribution in [1.82, 2.24) is 9.97 Å². The van der Waals surface area contributed by atoms with Gasteiger partial charge in [-0.3, -0.25) is 4.98 Å². The van der Waals surface area contributed by atoms with Crippen molar-refractivity contribution in [2.45, 2.75) is 38.8 Å². The molecule has 0 atom stereocenters. The molecule has 0 unspecified atom stereocenters. The first-order valence-corrected chi connectivity index (χ1v) is 13.6. The van der Waals surface area contributed by atoms with Crippen molar-refractivity contribution in [2.75, 3.05) is 25.6 Å². The Morgan fingerprint density at radius 1 is 1.00 bits per heavy atom. The fourth-order valence-electron chi connectivity index (χ4n) is 4.17. The fourth-order valence-corrected chi connectivity index (χ4v) is 4.53. The monoisotopic (exact) mass is 543 g/mol. The second kappa shape index (κ2) is 11.3. The van der Waals surface area contributed by atoms with Crippen LogP contribution >= 0.6 is 7.60 Å². The van der Waals surface area contributed by atoms with Gasteiger partial charge in [-0.15, -0.1) is 0 Å². The van der Waals surface area contributed by atoms with Crippen molar-refractivity contribution in [3.05, 3.63) is 70.9 Å². The van der Waals surface area contributed by atoms with Crippen molar-refractivity contribution >= 4 is 35.2 Å². The van der Waals surface area contributed by atoms with E-state index >= 15 is 0 Å². The zero-order chi connectivity index (χ0) is 27.5. The van der Waals surface area contributed by atoms with Gasteiger partial charge in [0.15, 0.2) is 5.82 Å². The molecule has 0 saturated carbocycles. The van der Waals surface area contributed by atoms with Crippen LogP contribution in [0.1, 0.15) is 28.7 Å². The number of aryl methyl sites for hydroxylation is 4. The normalized spacial score (nSPS) is 12.4. The third-order valence-electron chi connectivity index (χ3n) is 6.31. The number of benzene rings is 2. The molecule has 2 heterocycles. The van der Waals surface area contributed by atoms with E-state index in [2.05, 4.69) is 16.0 Å². The number of ether oxygens (including phenoxy) is 2. The highest BCUT2D eigenvalue weighted by molar-refractivity contribution is 7.50. The first-order valence-electron chi connectivity index (χ1n) is 12.1. The molecule has 11 heteroatoms. The topological polar surface area (TPSA) is 133 Å². The summed E-state index contributed by atoms with van der Waals surface area (Å²) in [4.78, 5) is 30.1. The second-order valence-corrected chi connectivity index (χ2v) is 10.9. The van der Waals surface area contributed by atoms with E-state index in [1.165, 1.54) is 0 Å². The van der Waals surface area contributed by atoms with Gasteiger partial charge in [0.05, 0.1) is 18.7 Å². The molecule has 0 radical (unpaired) electrons. The molecule has 0 spiro atoms. The van der Waals surface area contributed by atoms with E-state index in [1.54, 1.807) is 0 Å². The number of fused-ring (bicyclic) bond motifs is 3. The van der Waals surface area contributed by atoms with Crippen LogP contribution in [0.2, 0.25) is 0 Å². The number of nitrogen functional groups attached to an aromatic ring is 1. The Hall–Kier alpha value is -3.17. The van der Waals surface area contributed by atoms with Crippen molar-refractivity contribution < 1.29 is 32.6 Å². The van der Waals surface area contributed by atoms with E-state index in [0.29, 0.717) is 17.1 Å². The Bertz CT molecular complexity index is 1510. The van der Waals surface area contributed by atoms with Crippen LogP contribution < -0.4 is 20.3 Å². The number of anilines is 1. The highest BCUT2D eigenvalue weighted by Gasteiger charge is 2.33. The Morgan fingerprint density at radius 2 is 1.79 bits per heavy atom. The summed E-state index contributed by atoms with van der Waals surface area (Å²) in [6.07, 6.45) is 2.21. The maximum Gasteiger partial charge on any atom is 0.274 e. The molecule has 0 fully saturated rings. The summed E-state index contributed by atoms with van der Waals surface area (Å²) in [6, 6.07) is 13.9. The van der Waals surface area contributed by atoms with E-state index in [1.807, 2.05) is 56.4 Å². The number of alkyl halides is 2. The van der Waals surface area contributed by atoms with E-state index < -0.39 is 26.3 Å². The molecular weight excluding hydrogens is 515 g/mol. The number of rotatable bonds is 11. The maximum atomic E-state index is 13.1. The maximum absolute atomic E-state index is 13.1. The van der Waals surface area contributed by atoms with Crippen LogP contribution in [0.25, 0.3) is 21.8 Å². The van der Waals surface area contributed by atoms with Crippen molar-refractivity contribution in [3.8, 4) is 5.75 Å². The number of hydrogen-bond acceptors (Lipinski definition) is 8. The molecule has 0 aliphatic rings. The highest BCUT2D eigenvalue weighted by atomic mass is 31.2. The van der Waals surface area contributed by atoms with Gasteiger partial charge in [0.2, 0.25) is 0 Å². The lowest BCUT2D eigenvalue weighted by molar-refractivity contribution is -0.334. The van der Waals surface area contributed by atoms with Gasteiger partial charge in [-0.2, -0.15) is 0 Å². The smallest absolute Gasteiger partial charge is 0.274 e. The molecule has 4 rings (SSSR count). The van der Waals surface area contributed by atoms with Gasteiger partial charge < -0.3 is 29.6 Å². The van der Waals surface area contributed by atoms with Crippen LogP contribution in [-0.2, 0) is 22.1 Å². The Labute approximate surface area is 219 Å². The molecule has 2 aromatic carbocycles. The second-order valence-electron chi connectivity index (χ2n) is 9.22. The molecule has 2 N–H and O–H groups in total. The van der Waals surface area contributed by atoms with Gasteiger partial charge in [0.25, 0.3) is 5.66 Å². The van der Waals surface area contributed by atoms with Crippen LogP contribution in [0.5, 0.6) is 5.75 Å². The predicted molar refractivity (Wildman–Crippen MR) is 138 cm³/mol. The van der Waals surface area contributed by atoms with Crippen LogP contribution in [0.4, 0.5) is 14.6 Å². The number of halogens is 2. The van der Waals surface area contributed by atoms with Gasteiger partial charge in [-0.1, -0.05) is 18.2 Å². The van der Waals surface area contributed by atoms with Gasteiger partial charge in [0, 0.05) is 31.0 Å². The summed E-state index contributed by atoms with van der Waals surface area (Å²) in [5.74, 6) is 1.01. The number of nitrogens with zero attached hydrogens (tertiary/aromatic N) is 2. The molecule has 0 bridgehead atoms. The van der Waals surface area contributed by atoms with Gasteiger partial charge in [0.1, 0.15) is 17.9 Å². The molecule has 4 aromatic rings. The van der Waals surface area contributed by atoms with E-state index in [9.17, 15) is 23.1 Å². The van der Waals surface area contributed by atoms with Crippen molar-refractivity contribution in [2.24, 2.45) is 0 Å². The molecule has 0 saturated heterocycles. The van der Waals surface area contributed by atoms with Crippen LogP contribution in [-0.4, -0.2) is 35.5 Å². The molecule has 202 valence electrons. The Morgan fingerprint density at radius 3 is 2.53 bits per heavy atom. The van der Waals surface area contributed by atoms with Gasteiger partial charge in [-0.25, -0.2) is 13.8 Å². The minimum Gasteiger partial charge on any atom is -0.807 e. The molecular formula is C27H28F2N3O5P-2. The summed E-state index contributed by atoms with van der Waals surface area (Å²) in [5, 5.41) is 1.99. The zero-order valence-corrected chi connectivity index (χ0v) is 22.0. The minimum absolute atomic E-state index is 0.0257. The lowest BCUT2D eigenvalue weighted by Gasteiger charge is -2.37. The van der Waals surface area contributed by atoms with E-state index in [0.717, 1.165) is 51.4 Å². The van der Waals surface area contributed by atoms with E-state index in [-0.39, 0.29) is 13.2 Å². The summed E-state index contributed by atoms with van der Waals surface area (Å²) in [5.41, 5.74) is 7.75. The quantitative estimate of drug-likeness (QED) is 0.170. The summed E-state index contributed by atoms with van der Waals surface area (Å²) < 4.78 is 47.3. The summed E-state index contributed by atoms with van der Waals surface area (Å²) in [7, 11) is -5.99. The molecule has 0 aliphatic carbocycles. The summed E-state index contributed by atoms with van der Waals surface area (Å²) >= 11 is 0. The lowest BCUT2D eigenvalue weighted by Crippen LogP contribution is -2.32. The molecule has 2 aromatic heterocycles. The largest absolute Gasteiger partial charge is 0.807 e. The van der Waals surface area contributed by atoms with Crippen molar-refractivity contribution in [3.63, 3.8) is 0 Å². The van der Waals surface area contributed by atoms with Crippen LogP contribution in [0.3, 0.4) is 0 Å². The minimum atomic E-state index is -5.99. The summed E-state index contributed by atoms with van der Waals surface area (Å²) in [6.45, 7) is 3.49. The zero-order valence-electron chi connectivity index (χ0n) is 21.1. The number of pyridine rings is 2. The highest BCUT2D eigenvalue weighted by Crippen LogP contribution is 2.47. The molecule has 38 heavy (non-hydrogen) atoms. The van der Waals surface area contributed by atoms with E-state index in [4.69, 9.17) is 15.2 Å². The Kier molecular flexibility index (Phi) is 8.28. The lowest BCUT2D eigenvalue weighted by atomic mass is 9.99.